The van der Waals surface area contributed by atoms with Crippen molar-refractivity contribution < 1.29 is 32.6 Å². The molecule has 1 aromatic carbocycles. The minimum Gasteiger partial charge on any atom is -0.502 e. The fourth-order valence-corrected chi connectivity index (χ4v) is 4.28. The van der Waals surface area contributed by atoms with Crippen molar-refractivity contribution in [3.8, 4) is 0 Å². The quantitative estimate of drug-likeness (QED) is 0.369. The lowest BCUT2D eigenvalue weighted by Gasteiger charge is -2.04. The van der Waals surface area contributed by atoms with E-state index in [0.717, 1.165) is 35.6 Å². The SMILES string of the molecule is O=C(O)C(O)=CC(=O)c1sccc1S(=O)(=O)c1ccc(F)cc1. The van der Waals surface area contributed by atoms with Crippen LogP contribution in [-0.2, 0) is 14.6 Å². The van der Waals surface area contributed by atoms with Crippen molar-refractivity contribution in [1.82, 2.24) is 0 Å². The number of carbonyl (C=O) groups is 2. The molecular weight excluding hydrogens is 347 g/mol. The Labute approximate surface area is 134 Å². The number of carboxylic acid groups (broad SMARTS) is 1. The fraction of sp³-hybridized carbons (Fsp3) is 0. The number of hydrogen-bond acceptors (Lipinski definition) is 6. The van der Waals surface area contributed by atoms with Crippen LogP contribution >= 0.6 is 11.3 Å². The summed E-state index contributed by atoms with van der Waals surface area (Å²) < 4.78 is 37.9. The summed E-state index contributed by atoms with van der Waals surface area (Å²) in [6.45, 7) is 0. The molecule has 2 aromatic rings. The molecule has 1 aromatic heterocycles. The first-order chi connectivity index (χ1) is 10.7. The molecule has 6 nitrogen and oxygen atoms in total. The Hall–Kier alpha value is -2.52. The summed E-state index contributed by atoms with van der Waals surface area (Å²) >= 11 is 0.785. The van der Waals surface area contributed by atoms with Gasteiger partial charge in [-0.25, -0.2) is 17.6 Å². The van der Waals surface area contributed by atoms with Crippen LogP contribution in [0, 0.1) is 5.82 Å². The molecule has 2 N–H and O–H groups in total. The van der Waals surface area contributed by atoms with Crippen molar-refractivity contribution in [2.75, 3.05) is 0 Å². The third kappa shape index (κ3) is 3.46. The summed E-state index contributed by atoms with van der Waals surface area (Å²) in [5, 5.41) is 19.0. The van der Waals surface area contributed by atoms with Gasteiger partial charge in [0.25, 0.3) is 0 Å². The predicted octanol–water partition coefficient (Wildman–Crippen LogP) is 2.43. The number of aliphatic carboxylic acids is 1. The molecule has 0 atom stereocenters. The number of carboxylic acids is 1. The van der Waals surface area contributed by atoms with E-state index in [9.17, 15) is 22.4 Å². The standard InChI is InChI=1S/C14H9FO6S2/c15-8-1-3-9(4-2-8)23(20,21)12-5-6-22-13(12)10(16)7-11(17)14(18)19/h1-7,17H,(H,18,19). The topological polar surface area (TPSA) is 109 Å². The average molecular weight is 356 g/mol. The largest absolute Gasteiger partial charge is 0.502 e. The van der Waals surface area contributed by atoms with E-state index in [2.05, 4.69) is 0 Å². The lowest BCUT2D eigenvalue weighted by molar-refractivity contribution is -0.135. The molecule has 9 heteroatoms. The zero-order valence-electron chi connectivity index (χ0n) is 11.3. The third-order valence-electron chi connectivity index (χ3n) is 2.75. The molecule has 0 spiro atoms. The van der Waals surface area contributed by atoms with Crippen molar-refractivity contribution in [2.45, 2.75) is 9.79 Å². The van der Waals surface area contributed by atoms with Gasteiger partial charge in [0, 0.05) is 6.08 Å². The van der Waals surface area contributed by atoms with Crippen LogP contribution in [0.2, 0.25) is 0 Å². The molecule has 0 saturated heterocycles. The highest BCUT2D eigenvalue weighted by atomic mass is 32.2. The Bertz CT molecular complexity index is 894. The molecule has 0 bridgehead atoms. The number of thiophene rings is 1. The molecule has 0 saturated carbocycles. The number of ketones is 1. The van der Waals surface area contributed by atoms with Crippen LogP contribution in [0.3, 0.4) is 0 Å². The van der Waals surface area contributed by atoms with Gasteiger partial charge < -0.3 is 10.2 Å². The van der Waals surface area contributed by atoms with Crippen LogP contribution in [-0.4, -0.2) is 30.4 Å². The normalized spacial score (nSPS) is 12.1. The molecule has 0 aliphatic heterocycles. The number of aliphatic hydroxyl groups excluding tert-OH is 1. The summed E-state index contributed by atoms with van der Waals surface area (Å²) in [5.74, 6) is -4.48. The summed E-state index contributed by atoms with van der Waals surface area (Å²) in [6.07, 6.45) is 0.428. The van der Waals surface area contributed by atoms with Gasteiger partial charge in [-0.2, -0.15) is 0 Å². The van der Waals surface area contributed by atoms with Crippen LogP contribution in [0.15, 0.2) is 57.3 Å². The molecule has 23 heavy (non-hydrogen) atoms. The van der Waals surface area contributed by atoms with E-state index >= 15 is 0 Å². The zero-order valence-corrected chi connectivity index (χ0v) is 12.9. The lowest BCUT2D eigenvalue weighted by atomic mass is 10.3. The molecule has 0 radical (unpaired) electrons. The smallest absolute Gasteiger partial charge is 0.371 e. The van der Waals surface area contributed by atoms with E-state index in [4.69, 9.17) is 10.2 Å². The van der Waals surface area contributed by atoms with E-state index in [0.29, 0.717) is 6.08 Å². The maximum Gasteiger partial charge on any atom is 0.371 e. The maximum atomic E-state index is 12.9. The van der Waals surface area contributed by atoms with E-state index in [1.54, 1.807) is 0 Å². The van der Waals surface area contributed by atoms with E-state index in [1.165, 1.54) is 11.4 Å². The van der Waals surface area contributed by atoms with Gasteiger partial charge in [-0.1, -0.05) is 0 Å². The Kier molecular flexibility index (Phi) is 4.62. The first-order valence-corrected chi connectivity index (χ1v) is 8.36. The number of allylic oxidation sites excluding steroid dienone is 1. The second kappa shape index (κ2) is 6.31. The molecule has 0 amide bonds. The molecule has 1 heterocycles. The first kappa shape index (κ1) is 16.8. The van der Waals surface area contributed by atoms with Crippen molar-refractivity contribution >= 4 is 32.9 Å². The van der Waals surface area contributed by atoms with Crippen LogP contribution < -0.4 is 0 Å². The number of benzene rings is 1. The van der Waals surface area contributed by atoms with Gasteiger partial charge in [-0.05, 0) is 35.7 Å². The van der Waals surface area contributed by atoms with Crippen molar-refractivity contribution in [1.29, 1.82) is 0 Å². The first-order valence-electron chi connectivity index (χ1n) is 6.00. The molecule has 0 unspecified atom stereocenters. The van der Waals surface area contributed by atoms with Gasteiger partial charge in [0.15, 0.2) is 0 Å². The lowest BCUT2D eigenvalue weighted by Crippen LogP contribution is -2.08. The summed E-state index contributed by atoms with van der Waals surface area (Å²) in [7, 11) is -4.08. The maximum absolute atomic E-state index is 12.9. The average Bonchev–Trinajstić information content (AvgIpc) is 2.97. The fourth-order valence-electron chi connectivity index (χ4n) is 1.68. The Morgan fingerprint density at radius 3 is 2.26 bits per heavy atom. The third-order valence-corrected chi connectivity index (χ3v) is 5.62. The number of sulfone groups is 1. The molecule has 0 aliphatic rings. The van der Waals surface area contributed by atoms with Crippen LogP contribution in [0.25, 0.3) is 0 Å². The highest BCUT2D eigenvalue weighted by Gasteiger charge is 2.25. The van der Waals surface area contributed by atoms with Gasteiger partial charge in [-0.15, -0.1) is 11.3 Å². The van der Waals surface area contributed by atoms with Gasteiger partial charge >= 0.3 is 5.97 Å². The number of hydrogen-bond donors (Lipinski definition) is 2. The van der Waals surface area contributed by atoms with E-state index in [-0.39, 0.29) is 14.7 Å². The van der Waals surface area contributed by atoms with Crippen LogP contribution in [0.1, 0.15) is 9.67 Å². The molecule has 2 rings (SSSR count). The second-order valence-corrected chi connectivity index (χ2v) is 7.10. The predicted molar refractivity (Wildman–Crippen MR) is 78.8 cm³/mol. The molecule has 0 fully saturated rings. The molecular formula is C14H9FO6S2. The number of aliphatic hydroxyl groups is 1. The molecule has 120 valence electrons. The van der Waals surface area contributed by atoms with E-state index in [1.807, 2.05) is 0 Å². The van der Waals surface area contributed by atoms with Crippen molar-refractivity contribution in [3.05, 3.63) is 58.2 Å². The summed E-state index contributed by atoms with van der Waals surface area (Å²) in [5.41, 5.74) is 0. The van der Waals surface area contributed by atoms with Gasteiger partial charge in [0.2, 0.25) is 21.4 Å². The van der Waals surface area contributed by atoms with Gasteiger partial charge in [-0.3, -0.25) is 4.79 Å². The van der Waals surface area contributed by atoms with Crippen LogP contribution in [0.5, 0.6) is 0 Å². The highest BCUT2D eigenvalue weighted by Crippen LogP contribution is 2.29. The minimum absolute atomic E-state index is 0.210. The van der Waals surface area contributed by atoms with E-state index < -0.39 is 33.2 Å². The van der Waals surface area contributed by atoms with Gasteiger partial charge in [0.05, 0.1) is 14.7 Å². The van der Waals surface area contributed by atoms with Crippen LogP contribution in [0.4, 0.5) is 4.39 Å². The minimum atomic E-state index is -4.08. The Morgan fingerprint density at radius 1 is 1.09 bits per heavy atom. The monoisotopic (exact) mass is 356 g/mol. The number of halogens is 1. The Balaban J connectivity index is 2.49. The number of carbonyl (C=O) groups excluding carboxylic acids is 1. The zero-order chi connectivity index (χ0) is 17.2. The Morgan fingerprint density at radius 2 is 1.70 bits per heavy atom. The summed E-state index contributed by atoms with van der Waals surface area (Å²) in [6, 6.07) is 5.23. The number of rotatable bonds is 5. The highest BCUT2D eigenvalue weighted by molar-refractivity contribution is 7.91. The molecule has 0 aliphatic carbocycles. The van der Waals surface area contributed by atoms with Crippen molar-refractivity contribution in [2.24, 2.45) is 0 Å². The van der Waals surface area contributed by atoms with Gasteiger partial charge in [0.1, 0.15) is 5.82 Å². The summed E-state index contributed by atoms with van der Waals surface area (Å²) in [4.78, 5) is 21.7. The second-order valence-electron chi connectivity index (χ2n) is 4.27. The van der Waals surface area contributed by atoms with Crippen molar-refractivity contribution in [3.63, 3.8) is 0 Å².